The van der Waals surface area contributed by atoms with Crippen LogP contribution in [-0.2, 0) is 28.6 Å². The van der Waals surface area contributed by atoms with E-state index in [-0.39, 0.29) is 31.6 Å². The first-order valence-electron chi connectivity index (χ1n) is 26.9. The van der Waals surface area contributed by atoms with E-state index in [1.807, 2.05) is 12.2 Å². The molecule has 0 aromatic rings. The third-order valence-electron chi connectivity index (χ3n) is 11.1. The van der Waals surface area contributed by atoms with Crippen molar-refractivity contribution in [2.24, 2.45) is 0 Å². The van der Waals surface area contributed by atoms with Crippen LogP contribution >= 0.6 is 0 Å². The molecule has 0 aliphatic rings. The zero-order chi connectivity index (χ0) is 47.9. The van der Waals surface area contributed by atoms with Crippen molar-refractivity contribution in [2.45, 2.75) is 239 Å². The Morgan fingerprint density at radius 3 is 1.12 bits per heavy atom. The van der Waals surface area contributed by atoms with Crippen LogP contribution in [0.5, 0.6) is 0 Å². The molecular weight excluding hydrogens is 817 g/mol. The van der Waals surface area contributed by atoms with Crippen molar-refractivity contribution in [1.29, 1.82) is 0 Å². The largest absolute Gasteiger partial charge is 0.462 e. The van der Waals surface area contributed by atoms with Gasteiger partial charge in [-0.25, -0.2) is 0 Å². The highest BCUT2D eigenvalue weighted by Crippen LogP contribution is 2.14. The molecule has 6 heteroatoms. The second-order valence-corrected chi connectivity index (χ2v) is 17.5. The number of carbonyl (C=O) groups is 3. The summed E-state index contributed by atoms with van der Waals surface area (Å²) in [5.41, 5.74) is 0. The maximum absolute atomic E-state index is 12.8. The van der Waals surface area contributed by atoms with Crippen molar-refractivity contribution < 1.29 is 28.6 Å². The summed E-state index contributed by atoms with van der Waals surface area (Å²) in [5, 5.41) is 0. The summed E-state index contributed by atoms with van der Waals surface area (Å²) in [6.45, 7) is 6.40. The van der Waals surface area contributed by atoms with E-state index in [9.17, 15) is 14.4 Å². The molecule has 0 radical (unpaired) electrons. The summed E-state index contributed by atoms with van der Waals surface area (Å²) >= 11 is 0. The van der Waals surface area contributed by atoms with Crippen LogP contribution in [0.2, 0.25) is 0 Å². The molecule has 374 valence electrons. The number of rotatable bonds is 47. The summed E-state index contributed by atoms with van der Waals surface area (Å²) in [6.07, 6.45) is 72.2. The highest BCUT2D eigenvalue weighted by molar-refractivity contribution is 5.71. The Morgan fingerprint density at radius 2 is 0.682 bits per heavy atom. The molecule has 0 fully saturated rings. The molecule has 0 rings (SSSR count). The van der Waals surface area contributed by atoms with E-state index in [4.69, 9.17) is 14.2 Å². The minimum Gasteiger partial charge on any atom is -0.462 e. The number of carbonyl (C=O) groups excluding carboxylic acids is 3. The molecule has 0 bridgehead atoms. The van der Waals surface area contributed by atoms with Gasteiger partial charge in [0.2, 0.25) is 0 Å². The van der Waals surface area contributed by atoms with Crippen molar-refractivity contribution in [1.82, 2.24) is 0 Å². The molecule has 66 heavy (non-hydrogen) atoms. The molecule has 0 saturated carbocycles. The van der Waals surface area contributed by atoms with Gasteiger partial charge in [-0.1, -0.05) is 246 Å². The fourth-order valence-electron chi connectivity index (χ4n) is 7.09. The summed E-state index contributed by atoms with van der Waals surface area (Å²) in [4.78, 5) is 38.0. The fourth-order valence-corrected chi connectivity index (χ4v) is 7.09. The van der Waals surface area contributed by atoms with E-state index in [2.05, 4.69) is 118 Å². The molecule has 0 aromatic heterocycles. The minimum absolute atomic E-state index is 0.115. The van der Waals surface area contributed by atoms with E-state index < -0.39 is 12.1 Å². The monoisotopic (exact) mass is 915 g/mol. The molecule has 0 spiro atoms. The molecule has 1 unspecified atom stereocenters. The Labute approximate surface area is 406 Å². The van der Waals surface area contributed by atoms with Gasteiger partial charge in [0.25, 0.3) is 0 Å². The third kappa shape index (κ3) is 51.1. The maximum atomic E-state index is 12.8. The lowest BCUT2D eigenvalue weighted by Gasteiger charge is -2.18. The van der Waals surface area contributed by atoms with Gasteiger partial charge in [-0.3, -0.25) is 14.4 Å². The zero-order valence-corrected chi connectivity index (χ0v) is 42.7. The first-order valence-corrected chi connectivity index (χ1v) is 26.9. The van der Waals surface area contributed by atoms with Gasteiger partial charge in [0, 0.05) is 19.3 Å². The van der Waals surface area contributed by atoms with Crippen LogP contribution in [0.15, 0.2) is 109 Å². The van der Waals surface area contributed by atoms with Crippen molar-refractivity contribution in [3.05, 3.63) is 109 Å². The van der Waals surface area contributed by atoms with E-state index in [1.54, 1.807) is 0 Å². The average molecular weight is 915 g/mol. The van der Waals surface area contributed by atoms with Gasteiger partial charge in [0.1, 0.15) is 13.2 Å². The van der Waals surface area contributed by atoms with Crippen molar-refractivity contribution in [3.63, 3.8) is 0 Å². The summed E-state index contributed by atoms with van der Waals surface area (Å²) in [7, 11) is 0. The van der Waals surface area contributed by atoms with Crippen LogP contribution in [0.25, 0.3) is 0 Å². The van der Waals surface area contributed by atoms with Crippen molar-refractivity contribution in [3.8, 4) is 0 Å². The standard InChI is InChI=1S/C60H98O6/c1-4-7-10-13-16-19-22-25-28-30-31-33-35-38-41-44-47-50-53-59(62)65-56-57(55-64-58(61)52-49-46-43-40-37-34-27-24-21-18-15-12-9-6-3)66-60(63)54-51-48-45-42-39-36-32-29-26-23-20-17-14-11-8-5-2/h8,11,16-17,19-20,22,25-26,28-31,33,36,39,45,48,57H,4-7,9-10,12-15,18,21,23-24,27,32,34-35,37-38,40-44,46-47,49-56H2,1-3H3/b11-8-,19-16-,20-17-,25-22-,29-26-,30-28-,33-31-,39-36-,48-45-. The topological polar surface area (TPSA) is 78.9 Å². The van der Waals surface area contributed by atoms with Gasteiger partial charge in [-0.05, 0) is 77.0 Å². The number of hydrogen-bond donors (Lipinski definition) is 0. The van der Waals surface area contributed by atoms with Crippen LogP contribution in [0.4, 0.5) is 0 Å². The van der Waals surface area contributed by atoms with Gasteiger partial charge in [-0.15, -0.1) is 0 Å². The van der Waals surface area contributed by atoms with Crippen molar-refractivity contribution in [2.75, 3.05) is 13.2 Å². The highest BCUT2D eigenvalue weighted by Gasteiger charge is 2.19. The number of ether oxygens (including phenoxy) is 3. The van der Waals surface area contributed by atoms with Crippen LogP contribution in [-0.4, -0.2) is 37.2 Å². The van der Waals surface area contributed by atoms with Gasteiger partial charge in [0.05, 0.1) is 0 Å². The van der Waals surface area contributed by atoms with Crippen molar-refractivity contribution >= 4 is 17.9 Å². The van der Waals surface area contributed by atoms with Gasteiger partial charge >= 0.3 is 17.9 Å². The Morgan fingerprint density at radius 1 is 0.333 bits per heavy atom. The Hall–Kier alpha value is -3.93. The molecule has 0 saturated heterocycles. The first kappa shape index (κ1) is 62.1. The Bertz CT molecular complexity index is 1370. The second kappa shape index (κ2) is 53.7. The lowest BCUT2D eigenvalue weighted by Crippen LogP contribution is -2.30. The molecule has 6 nitrogen and oxygen atoms in total. The zero-order valence-electron chi connectivity index (χ0n) is 42.7. The second-order valence-electron chi connectivity index (χ2n) is 17.5. The SMILES string of the molecule is CC/C=C\C/C=C\C/C=C\C/C=C\C/C=C\CCC(=O)OC(COC(=O)CCCCCCC\C=C/C=C\C=C/C=C\CCCCC)COC(=O)CCCCCCCCCCCCCCCC. The number of hydrogen-bond acceptors (Lipinski definition) is 6. The molecular formula is C60H98O6. The van der Waals surface area contributed by atoms with E-state index in [0.29, 0.717) is 19.3 Å². The Kier molecular flexibility index (Phi) is 50.5. The van der Waals surface area contributed by atoms with E-state index >= 15 is 0 Å². The first-order chi connectivity index (χ1) is 32.5. The lowest BCUT2D eigenvalue weighted by molar-refractivity contribution is -0.166. The third-order valence-corrected chi connectivity index (χ3v) is 11.1. The summed E-state index contributed by atoms with van der Waals surface area (Å²) in [6, 6.07) is 0. The summed E-state index contributed by atoms with van der Waals surface area (Å²) < 4.78 is 16.7. The van der Waals surface area contributed by atoms with Crippen LogP contribution < -0.4 is 0 Å². The molecule has 0 aliphatic heterocycles. The van der Waals surface area contributed by atoms with Gasteiger partial charge in [0.15, 0.2) is 6.10 Å². The maximum Gasteiger partial charge on any atom is 0.306 e. The van der Waals surface area contributed by atoms with Crippen LogP contribution in [0.1, 0.15) is 233 Å². The summed E-state index contributed by atoms with van der Waals surface area (Å²) in [5.74, 6) is -1.02. The quantitative estimate of drug-likeness (QED) is 0.0199. The van der Waals surface area contributed by atoms with E-state index in [0.717, 1.165) is 96.3 Å². The molecule has 0 N–H and O–H groups in total. The highest BCUT2D eigenvalue weighted by atomic mass is 16.6. The smallest absolute Gasteiger partial charge is 0.306 e. The average Bonchev–Trinajstić information content (AvgIpc) is 3.31. The Balaban J connectivity index is 4.55. The van der Waals surface area contributed by atoms with E-state index in [1.165, 1.54) is 89.9 Å². The molecule has 1 atom stereocenters. The number of allylic oxidation sites excluding steroid dienone is 18. The normalized spacial score (nSPS) is 13.0. The predicted octanol–water partition coefficient (Wildman–Crippen LogP) is 17.9. The van der Waals surface area contributed by atoms with Crippen LogP contribution in [0.3, 0.4) is 0 Å². The fraction of sp³-hybridized carbons (Fsp3) is 0.650. The van der Waals surface area contributed by atoms with Gasteiger partial charge < -0.3 is 14.2 Å². The molecule has 0 heterocycles. The number of esters is 3. The molecule has 0 aromatic carbocycles. The number of unbranched alkanes of at least 4 members (excludes halogenated alkanes) is 21. The van der Waals surface area contributed by atoms with Gasteiger partial charge in [-0.2, -0.15) is 0 Å². The molecule has 0 amide bonds. The molecule has 0 aliphatic carbocycles. The minimum atomic E-state index is -0.828. The predicted molar refractivity (Wildman–Crippen MR) is 283 cm³/mol. The lowest BCUT2D eigenvalue weighted by atomic mass is 10.0. The van der Waals surface area contributed by atoms with Crippen LogP contribution in [0, 0.1) is 0 Å².